The van der Waals surface area contributed by atoms with Crippen molar-refractivity contribution in [3.63, 3.8) is 0 Å². The fraction of sp³-hybridized carbons (Fsp3) is 0.286. The van der Waals surface area contributed by atoms with Crippen molar-refractivity contribution in [2.45, 2.75) is 24.9 Å². The number of halogens is 3. The van der Waals surface area contributed by atoms with Crippen molar-refractivity contribution in [2.24, 2.45) is 10.7 Å². The minimum absolute atomic E-state index is 0.0103. The van der Waals surface area contributed by atoms with Crippen molar-refractivity contribution in [1.82, 2.24) is 0 Å². The van der Waals surface area contributed by atoms with E-state index in [1.807, 2.05) is 0 Å². The molecule has 1 aromatic carbocycles. The molecule has 0 aliphatic heterocycles. The third kappa shape index (κ3) is 4.92. The number of alkyl halides is 3. The second-order valence-corrected chi connectivity index (χ2v) is 6.78. The molecule has 0 radical (unpaired) electrons. The molecule has 1 rings (SSSR count). The predicted octanol–water partition coefficient (Wildman–Crippen LogP) is 2.79. The summed E-state index contributed by atoms with van der Waals surface area (Å²) in [5, 5.41) is 0. The lowest BCUT2D eigenvalue weighted by molar-refractivity contribution is -0.0925. The number of nitrogens with two attached hydrogens (primary N) is 1. The normalized spacial score (nSPS) is 13.5. The van der Waals surface area contributed by atoms with Crippen LogP contribution in [0.25, 0.3) is 0 Å². The van der Waals surface area contributed by atoms with Crippen LogP contribution in [0.2, 0.25) is 0 Å². The lowest BCUT2D eigenvalue weighted by atomic mass is 10.1. The van der Waals surface area contributed by atoms with Crippen molar-refractivity contribution in [3.8, 4) is 0 Å². The molecule has 126 valence electrons. The maximum atomic E-state index is 12.2. The van der Waals surface area contributed by atoms with Gasteiger partial charge in [0.05, 0.1) is 16.3 Å². The van der Waals surface area contributed by atoms with E-state index in [1.165, 1.54) is 26.0 Å². The Hall–Kier alpha value is -2.16. The number of hydrogen-bond donors (Lipinski definition) is 1. The van der Waals surface area contributed by atoms with Crippen LogP contribution < -0.4 is 5.73 Å². The number of nitrogens with zero attached hydrogens (tertiary/aromatic N) is 1. The van der Waals surface area contributed by atoms with E-state index in [4.69, 9.17) is 5.73 Å². The van der Waals surface area contributed by atoms with Crippen LogP contribution >= 0.6 is 0 Å². The molecule has 0 atom stereocenters. The van der Waals surface area contributed by atoms with E-state index in [2.05, 4.69) is 4.99 Å². The molecule has 0 fully saturated rings. The van der Waals surface area contributed by atoms with Crippen molar-refractivity contribution in [3.05, 3.63) is 35.5 Å². The third-order valence-corrected chi connectivity index (χ3v) is 4.63. The van der Waals surface area contributed by atoms with Crippen LogP contribution in [0.4, 0.5) is 18.9 Å². The van der Waals surface area contributed by atoms with Gasteiger partial charge in [-0.15, -0.1) is 0 Å². The zero-order chi connectivity index (χ0) is 17.8. The van der Waals surface area contributed by atoms with Gasteiger partial charge in [0, 0.05) is 11.8 Å². The van der Waals surface area contributed by atoms with E-state index in [1.54, 1.807) is 0 Å². The van der Waals surface area contributed by atoms with Gasteiger partial charge >= 0.3 is 6.18 Å². The van der Waals surface area contributed by atoms with Crippen LogP contribution in [0.3, 0.4) is 0 Å². The Balaban J connectivity index is 3.27. The molecule has 0 saturated carbocycles. The molecule has 23 heavy (non-hydrogen) atoms. The second-order valence-electron chi connectivity index (χ2n) is 4.54. The Labute approximate surface area is 131 Å². The number of rotatable bonds is 5. The summed E-state index contributed by atoms with van der Waals surface area (Å²) in [5.41, 5.74) is 3.57. The number of hydrogen-bond acceptors (Lipinski definition) is 5. The van der Waals surface area contributed by atoms with Crippen molar-refractivity contribution < 1.29 is 26.4 Å². The first-order valence-electron chi connectivity index (χ1n) is 6.43. The van der Waals surface area contributed by atoms with Gasteiger partial charge in [-0.05, 0) is 31.2 Å². The minimum atomic E-state index is -4.67. The van der Waals surface area contributed by atoms with Crippen LogP contribution in [0.15, 0.2) is 39.9 Å². The molecule has 9 heteroatoms. The minimum Gasteiger partial charge on any atom is -0.395 e. The SMILES string of the molecule is CCS(=O)(=O)c1cc(N=CC=C(N)C(F)(F)F)ccc1C(C)=O. The molecular weight excluding hydrogens is 333 g/mol. The number of carbonyl (C=O) groups excluding carboxylic acids is 1. The zero-order valence-electron chi connectivity index (χ0n) is 12.4. The van der Waals surface area contributed by atoms with E-state index in [-0.39, 0.29) is 21.9 Å². The number of ketones is 1. The fourth-order valence-corrected chi connectivity index (χ4v) is 2.75. The highest BCUT2D eigenvalue weighted by Gasteiger charge is 2.30. The summed E-state index contributed by atoms with van der Waals surface area (Å²) in [4.78, 5) is 15.0. The first kappa shape index (κ1) is 18.9. The summed E-state index contributed by atoms with van der Waals surface area (Å²) in [5.74, 6) is -0.657. The van der Waals surface area contributed by atoms with Gasteiger partial charge in [0.15, 0.2) is 15.6 Å². The topological polar surface area (TPSA) is 89.6 Å². The lowest BCUT2D eigenvalue weighted by Gasteiger charge is -2.08. The van der Waals surface area contributed by atoms with Crippen molar-refractivity contribution >= 4 is 27.5 Å². The predicted molar refractivity (Wildman–Crippen MR) is 80.7 cm³/mol. The van der Waals surface area contributed by atoms with Gasteiger partial charge < -0.3 is 5.73 Å². The molecule has 2 N–H and O–H groups in total. The van der Waals surface area contributed by atoms with Gasteiger partial charge in [0.1, 0.15) is 5.70 Å². The van der Waals surface area contributed by atoms with Gasteiger partial charge in [-0.2, -0.15) is 13.2 Å². The molecule has 1 aromatic rings. The third-order valence-electron chi connectivity index (χ3n) is 2.86. The summed E-state index contributed by atoms with van der Waals surface area (Å²) in [6.07, 6.45) is -3.29. The molecule has 0 spiro atoms. The maximum absolute atomic E-state index is 12.2. The van der Waals surface area contributed by atoms with E-state index >= 15 is 0 Å². The van der Waals surface area contributed by atoms with E-state index in [0.717, 1.165) is 12.3 Å². The van der Waals surface area contributed by atoms with Crippen molar-refractivity contribution in [1.29, 1.82) is 0 Å². The molecule has 0 heterocycles. The summed E-state index contributed by atoms with van der Waals surface area (Å²) < 4.78 is 60.6. The molecule has 0 amide bonds. The first-order chi connectivity index (χ1) is 10.5. The lowest BCUT2D eigenvalue weighted by Crippen LogP contribution is -2.19. The summed E-state index contributed by atoms with van der Waals surface area (Å²) in [6.45, 7) is 2.64. The Bertz CT molecular complexity index is 766. The molecule has 0 unspecified atom stereocenters. The van der Waals surface area contributed by atoms with Crippen molar-refractivity contribution in [2.75, 3.05) is 5.75 Å². The smallest absolute Gasteiger partial charge is 0.395 e. The van der Waals surface area contributed by atoms with Gasteiger partial charge in [-0.1, -0.05) is 6.92 Å². The van der Waals surface area contributed by atoms with E-state index in [9.17, 15) is 26.4 Å². The Morgan fingerprint density at radius 3 is 2.43 bits per heavy atom. The highest BCUT2D eigenvalue weighted by Crippen LogP contribution is 2.24. The highest BCUT2D eigenvalue weighted by molar-refractivity contribution is 7.91. The molecule has 0 aliphatic rings. The van der Waals surface area contributed by atoms with Crippen LogP contribution in [0, 0.1) is 0 Å². The fourth-order valence-electron chi connectivity index (χ4n) is 1.59. The van der Waals surface area contributed by atoms with Crippen LogP contribution in [0.5, 0.6) is 0 Å². The number of allylic oxidation sites excluding steroid dienone is 2. The Morgan fingerprint density at radius 2 is 1.96 bits per heavy atom. The number of Topliss-reactive ketones (excluding diaryl/α,β-unsaturated/α-hetero) is 1. The van der Waals surface area contributed by atoms with Crippen LogP contribution in [-0.4, -0.2) is 32.3 Å². The zero-order valence-corrected chi connectivity index (χ0v) is 13.2. The maximum Gasteiger partial charge on any atom is 0.430 e. The monoisotopic (exact) mass is 348 g/mol. The Morgan fingerprint density at radius 1 is 1.35 bits per heavy atom. The van der Waals surface area contributed by atoms with Gasteiger partial charge in [-0.25, -0.2) is 8.42 Å². The first-order valence-corrected chi connectivity index (χ1v) is 8.09. The quantitative estimate of drug-likeness (QED) is 0.654. The number of benzene rings is 1. The van der Waals surface area contributed by atoms with Crippen LogP contribution in [0.1, 0.15) is 24.2 Å². The number of sulfone groups is 1. The number of aliphatic imine (C=N–C) groups is 1. The average Bonchev–Trinajstić information content (AvgIpc) is 2.45. The molecular formula is C14H15F3N2O3S. The van der Waals surface area contributed by atoms with Crippen LogP contribution in [-0.2, 0) is 9.84 Å². The van der Waals surface area contributed by atoms with Gasteiger partial charge in [0.25, 0.3) is 0 Å². The molecule has 0 bridgehead atoms. The summed E-state index contributed by atoms with van der Waals surface area (Å²) >= 11 is 0. The van der Waals surface area contributed by atoms with E-state index in [0.29, 0.717) is 6.08 Å². The average molecular weight is 348 g/mol. The van der Waals surface area contributed by atoms with Gasteiger partial charge in [-0.3, -0.25) is 9.79 Å². The summed E-state index contributed by atoms with van der Waals surface area (Å²) in [7, 11) is -3.68. The molecule has 0 aliphatic carbocycles. The molecule has 5 nitrogen and oxygen atoms in total. The second kappa shape index (κ2) is 6.95. The standard InChI is InChI=1S/C14H15F3N2O3S/c1-3-23(21,22)12-8-10(4-5-11(12)9(2)20)19-7-6-13(18)14(15,16)17/h4-8H,3,18H2,1-2H3. The summed E-state index contributed by atoms with van der Waals surface area (Å²) in [6, 6.07) is 3.75. The number of carbonyl (C=O) groups is 1. The van der Waals surface area contributed by atoms with Gasteiger partial charge in [0.2, 0.25) is 0 Å². The molecule has 0 aromatic heterocycles. The molecule has 0 saturated heterocycles. The largest absolute Gasteiger partial charge is 0.430 e. The highest BCUT2D eigenvalue weighted by atomic mass is 32.2. The van der Waals surface area contributed by atoms with E-state index < -0.39 is 27.5 Å². The Kier molecular flexibility index (Phi) is 5.70.